The Labute approximate surface area is 162 Å². The summed E-state index contributed by atoms with van der Waals surface area (Å²) in [7, 11) is 1.69. The van der Waals surface area contributed by atoms with Crippen LogP contribution in [0.3, 0.4) is 0 Å². The van der Waals surface area contributed by atoms with E-state index in [1.165, 1.54) is 10.9 Å². The van der Waals surface area contributed by atoms with Crippen molar-refractivity contribution in [3.05, 3.63) is 76.2 Å². The Bertz CT molecular complexity index is 1060. The molecule has 2 amide bonds. The minimum absolute atomic E-state index is 0.0356. The lowest BCUT2D eigenvalue weighted by Gasteiger charge is -2.29. The van der Waals surface area contributed by atoms with Crippen molar-refractivity contribution >= 4 is 6.03 Å². The molecule has 8 heteroatoms. The van der Waals surface area contributed by atoms with Crippen molar-refractivity contribution < 1.29 is 4.79 Å². The maximum atomic E-state index is 12.8. The summed E-state index contributed by atoms with van der Waals surface area (Å²) in [5.74, 6) is 0. The Balaban J connectivity index is 1.50. The molecule has 1 aliphatic heterocycles. The van der Waals surface area contributed by atoms with Crippen LogP contribution in [0.1, 0.15) is 29.8 Å². The smallest absolute Gasteiger partial charge is 0.318 e. The lowest BCUT2D eigenvalue weighted by Crippen LogP contribution is -2.45. The first-order chi connectivity index (χ1) is 13.5. The predicted molar refractivity (Wildman–Crippen MR) is 104 cm³/mol. The van der Waals surface area contributed by atoms with E-state index in [9.17, 15) is 9.59 Å². The zero-order valence-corrected chi connectivity index (χ0v) is 15.9. The van der Waals surface area contributed by atoms with Gasteiger partial charge in [0.25, 0.3) is 5.56 Å². The first-order valence-corrected chi connectivity index (χ1v) is 9.22. The summed E-state index contributed by atoms with van der Waals surface area (Å²) in [4.78, 5) is 31.0. The van der Waals surface area contributed by atoms with Gasteiger partial charge in [0, 0.05) is 31.5 Å². The molecule has 144 valence electrons. The lowest BCUT2D eigenvalue weighted by molar-refractivity contribution is 0.187. The van der Waals surface area contributed by atoms with Gasteiger partial charge in [-0.25, -0.2) is 14.5 Å². The van der Waals surface area contributed by atoms with Crippen molar-refractivity contribution in [2.24, 2.45) is 7.05 Å². The van der Waals surface area contributed by atoms with E-state index in [-0.39, 0.29) is 17.6 Å². The number of aryl methyl sites for hydroxylation is 1. The SMILES string of the molecule is CC(NC(=O)N1CCc2c(ncn(C)c2=O)C1)c1ccccc1-n1cccn1. The van der Waals surface area contributed by atoms with Crippen molar-refractivity contribution in [1.82, 2.24) is 29.5 Å². The van der Waals surface area contributed by atoms with E-state index in [1.54, 1.807) is 22.8 Å². The molecule has 0 fully saturated rings. The van der Waals surface area contributed by atoms with Crippen molar-refractivity contribution in [1.29, 1.82) is 0 Å². The number of nitrogens with zero attached hydrogens (tertiary/aromatic N) is 5. The highest BCUT2D eigenvalue weighted by Gasteiger charge is 2.25. The maximum Gasteiger partial charge on any atom is 0.318 e. The first kappa shape index (κ1) is 18.0. The van der Waals surface area contributed by atoms with Gasteiger partial charge in [-0.1, -0.05) is 18.2 Å². The zero-order chi connectivity index (χ0) is 19.7. The second-order valence-electron chi connectivity index (χ2n) is 6.94. The number of amides is 2. The summed E-state index contributed by atoms with van der Waals surface area (Å²) in [5.41, 5.74) is 3.24. The molecule has 8 nitrogen and oxygen atoms in total. The second-order valence-corrected chi connectivity index (χ2v) is 6.94. The van der Waals surface area contributed by atoms with Gasteiger partial charge in [-0.2, -0.15) is 5.10 Å². The molecule has 3 heterocycles. The molecule has 0 saturated heterocycles. The molecule has 1 atom stereocenters. The Morgan fingerprint density at radius 2 is 2.07 bits per heavy atom. The molecule has 2 aromatic heterocycles. The molecule has 28 heavy (non-hydrogen) atoms. The Hall–Kier alpha value is -3.42. The largest absolute Gasteiger partial charge is 0.331 e. The van der Waals surface area contributed by atoms with Gasteiger partial charge >= 0.3 is 6.03 Å². The molecule has 0 spiro atoms. The van der Waals surface area contributed by atoms with Gasteiger partial charge in [-0.05, 0) is 31.0 Å². The minimum Gasteiger partial charge on any atom is -0.331 e. The molecule has 0 radical (unpaired) electrons. The average molecular weight is 378 g/mol. The van der Waals surface area contributed by atoms with E-state index in [2.05, 4.69) is 15.4 Å². The van der Waals surface area contributed by atoms with Crippen LogP contribution in [-0.2, 0) is 20.0 Å². The van der Waals surface area contributed by atoms with Crippen molar-refractivity contribution in [2.45, 2.75) is 25.9 Å². The Morgan fingerprint density at radius 3 is 2.86 bits per heavy atom. The van der Waals surface area contributed by atoms with Crippen LogP contribution in [0, 0.1) is 0 Å². The molecule has 1 aliphatic rings. The molecule has 4 rings (SSSR count). The van der Waals surface area contributed by atoms with Crippen LogP contribution in [0.4, 0.5) is 4.79 Å². The molecule has 1 aromatic carbocycles. The highest BCUT2D eigenvalue weighted by molar-refractivity contribution is 5.75. The number of para-hydroxylation sites is 1. The van der Waals surface area contributed by atoms with Crippen LogP contribution in [0.15, 0.2) is 53.8 Å². The van der Waals surface area contributed by atoms with Crippen molar-refractivity contribution in [3.8, 4) is 5.69 Å². The third-order valence-corrected chi connectivity index (χ3v) is 5.07. The van der Waals surface area contributed by atoms with E-state index in [4.69, 9.17) is 0 Å². The minimum atomic E-state index is -0.203. The summed E-state index contributed by atoms with van der Waals surface area (Å²) in [5, 5.41) is 7.35. The number of rotatable bonds is 3. The third-order valence-electron chi connectivity index (χ3n) is 5.07. The van der Waals surface area contributed by atoms with Crippen LogP contribution >= 0.6 is 0 Å². The topological polar surface area (TPSA) is 85.0 Å². The van der Waals surface area contributed by atoms with Crippen molar-refractivity contribution in [2.75, 3.05) is 6.54 Å². The molecule has 0 aliphatic carbocycles. The van der Waals surface area contributed by atoms with Crippen LogP contribution < -0.4 is 10.9 Å². The molecule has 0 bridgehead atoms. The summed E-state index contributed by atoms with van der Waals surface area (Å²) in [6, 6.07) is 9.34. The second kappa shape index (κ2) is 7.30. The number of aromatic nitrogens is 4. The van der Waals surface area contributed by atoms with E-state index in [0.717, 1.165) is 11.3 Å². The highest BCUT2D eigenvalue weighted by atomic mass is 16.2. The van der Waals surface area contributed by atoms with Crippen LogP contribution in [0.5, 0.6) is 0 Å². The number of nitrogens with one attached hydrogen (secondary N) is 1. The number of hydrogen-bond acceptors (Lipinski definition) is 4. The Morgan fingerprint density at radius 1 is 1.25 bits per heavy atom. The molecule has 0 saturated carbocycles. The fraction of sp³-hybridized carbons (Fsp3) is 0.300. The summed E-state index contributed by atoms with van der Waals surface area (Å²) < 4.78 is 3.26. The standard InChI is InChI=1S/C20H22N6O2/c1-14(15-6-3-4-7-18(15)26-10-5-9-22-26)23-20(28)25-11-8-16-17(12-25)21-13-24(2)19(16)27/h3-7,9-10,13-14H,8,11-12H2,1-2H3,(H,23,28). The monoisotopic (exact) mass is 378 g/mol. The van der Waals surface area contributed by atoms with Crippen LogP contribution in [-0.4, -0.2) is 36.8 Å². The van der Waals surface area contributed by atoms with E-state index >= 15 is 0 Å². The first-order valence-electron chi connectivity index (χ1n) is 9.22. The highest BCUT2D eigenvalue weighted by Crippen LogP contribution is 2.22. The Kier molecular flexibility index (Phi) is 4.68. The van der Waals surface area contributed by atoms with Gasteiger partial charge in [-0.3, -0.25) is 4.79 Å². The van der Waals surface area contributed by atoms with Gasteiger partial charge in [0.2, 0.25) is 0 Å². The van der Waals surface area contributed by atoms with Gasteiger partial charge in [0.15, 0.2) is 0 Å². The number of benzene rings is 1. The van der Waals surface area contributed by atoms with E-state index in [1.807, 2.05) is 43.5 Å². The number of hydrogen-bond donors (Lipinski definition) is 1. The van der Waals surface area contributed by atoms with E-state index in [0.29, 0.717) is 30.8 Å². The molecular formula is C20H22N6O2. The summed E-state index contributed by atoms with van der Waals surface area (Å²) in [6.45, 7) is 2.78. The van der Waals surface area contributed by atoms with Gasteiger partial charge in [-0.15, -0.1) is 0 Å². The fourth-order valence-electron chi connectivity index (χ4n) is 3.52. The fourth-order valence-corrected chi connectivity index (χ4v) is 3.52. The predicted octanol–water partition coefficient (Wildman–Crippen LogP) is 1.79. The number of urea groups is 1. The number of carbonyl (C=O) groups excluding carboxylic acids is 1. The quantitative estimate of drug-likeness (QED) is 0.753. The molecule has 1 N–H and O–H groups in total. The maximum absolute atomic E-state index is 12.8. The normalized spacial score (nSPS) is 14.4. The van der Waals surface area contributed by atoms with Crippen LogP contribution in [0.2, 0.25) is 0 Å². The zero-order valence-electron chi connectivity index (χ0n) is 15.9. The molecule has 1 unspecified atom stereocenters. The average Bonchev–Trinajstić information content (AvgIpc) is 3.25. The molecule has 3 aromatic rings. The summed E-state index contributed by atoms with van der Waals surface area (Å²) >= 11 is 0. The lowest BCUT2D eigenvalue weighted by atomic mass is 10.1. The third kappa shape index (κ3) is 3.28. The number of carbonyl (C=O) groups is 1. The number of fused-ring (bicyclic) bond motifs is 1. The molecular weight excluding hydrogens is 356 g/mol. The van der Waals surface area contributed by atoms with Crippen LogP contribution in [0.25, 0.3) is 5.69 Å². The van der Waals surface area contributed by atoms with E-state index < -0.39 is 0 Å². The van der Waals surface area contributed by atoms with Gasteiger partial charge in [0.05, 0.1) is 30.3 Å². The van der Waals surface area contributed by atoms with Gasteiger partial charge in [0.1, 0.15) is 0 Å². The van der Waals surface area contributed by atoms with Gasteiger partial charge < -0.3 is 14.8 Å². The van der Waals surface area contributed by atoms with Crippen molar-refractivity contribution in [3.63, 3.8) is 0 Å². The summed E-state index contributed by atoms with van der Waals surface area (Å²) in [6.07, 6.45) is 5.62.